The smallest absolute Gasteiger partial charge is 0.234 e. The maximum absolute atomic E-state index is 12.9. The van der Waals surface area contributed by atoms with Gasteiger partial charge in [0.25, 0.3) is 0 Å². The summed E-state index contributed by atoms with van der Waals surface area (Å²) in [7, 11) is 2.13. The summed E-state index contributed by atoms with van der Waals surface area (Å²) < 4.78 is 0.998. The number of benzene rings is 1. The SMILES string of the molecule is Cc1cc(C#N)cc(-c2ccnc3cc(CN4C(=O)C5C(C4=O)C5(C)C)sc23)c1NC1CCN(C)C1. The van der Waals surface area contributed by atoms with E-state index in [4.69, 9.17) is 0 Å². The largest absolute Gasteiger partial charge is 0.380 e. The van der Waals surface area contributed by atoms with Crippen molar-refractivity contribution in [1.82, 2.24) is 14.8 Å². The molecule has 0 spiro atoms. The summed E-state index contributed by atoms with van der Waals surface area (Å²) >= 11 is 1.57. The van der Waals surface area contributed by atoms with Gasteiger partial charge in [-0.1, -0.05) is 13.8 Å². The van der Waals surface area contributed by atoms with E-state index in [2.05, 4.69) is 28.3 Å². The average molecular weight is 500 g/mol. The molecule has 2 saturated heterocycles. The summed E-state index contributed by atoms with van der Waals surface area (Å²) in [6, 6.07) is 10.5. The number of likely N-dealkylation sites (tertiary alicyclic amines) is 2. The second-order valence-electron chi connectivity index (χ2n) is 11.0. The third-order valence-electron chi connectivity index (χ3n) is 8.16. The third kappa shape index (κ3) is 3.53. The molecule has 36 heavy (non-hydrogen) atoms. The molecule has 1 saturated carbocycles. The second kappa shape index (κ2) is 8.12. The van der Waals surface area contributed by atoms with Gasteiger partial charge in [-0.2, -0.15) is 5.26 Å². The molecule has 2 aromatic heterocycles. The lowest BCUT2D eigenvalue weighted by atomic mass is 9.97. The molecular formula is C28H29N5O2S. The van der Waals surface area contributed by atoms with Crippen LogP contribution in [-0.4, -0.2) is 52.8 Å². The van der Waals surface area contributed by atoms with E-state index in [1.165, 1.54) is 4.90 Å². The topological polar surface area (TPSA) is 89.3 Å². The predicted molar refractivity (Wildman–Crippen MR) is 140 cm³/mol. The van der Waals surface area contributed by atoms with Gasteiger partial charge in [0.1, 0.15) is 0 Å². The highest BCUT2D eigenvalue weighted by Crippen LogP contribution is 2.63. The van der Waals surface area contributed by atoms with Crippen LogP contribution in [-0.2, 0) is 16.1 Å². The van der Waals surface area contributed by atoms with Crippen molar-refractivity contribution in [2.75, 3.05) is 25.5 Å². The number of hydrogen-bond acceptors (Lipinski definition) is 7. The van der Waals surface area contributed by atoms with Gasteiger partial charge in [0.05, 0.1) is 40.2 Å². The molecule has 4 heterocycles. The Kier molecular flexibility index (Phi) is 5.22. The fourth-order valence-corrected chi connectivity index (χ4v) is 7.24. The first-order chi connectivity index (χ1) is 17.2. The third-order valence-corrected chi connectivity index (χ3v) is 9.31. The number of hydrogen-bond donors (Lipinski definition) is 1. The highest BCUT2D eigenvalue weighted by Gasteiger charge is 2.72. The second-order valence-corrected chi connectivity index (χ2v) is 12.2. The summed E-state index contributed by atoms with van der Waals surface area (Å²) in [4.78, 5) is 35.0. The molecule has 1 N–H and O–H groups in total. The van der Waals surface area contributed by atoms with Crippen LogP contribution in [0.25, 0.3) is 21.3 Å². The monoisotopic (exact) mass is 499 g/mol. The number of nitrogens with zero attached hydrogens (tertiary/aromatic N) is 4. The molecule has 184 valence electrons. The van der Waals surface area contributed by atoms with Gasteiger partial charge in [-0.05, 0) is 62.2 Å². The number of amides is 2. The zero-order chi connectivity index (χ0) is 25.4. The van der Waals surface area contributed by atoms with Gasteiger partial charge in [-0.3, -0.25) is 19.5 Å². The maximum Gasteiger partial charge on any atom is 0.234 e. The number of aryl methyl sites for hydroxylation is 1. The van der Waals surface area contributed by atoms with Crippen LogP contribution in [0, 0.1) is 35.5 Å². The minimum atomic E-state index is -0.208. The molecule has 3 unspecified atom stereocenters. The van der Waals surface area contributed by atoms with E-state index < -0.39 is 0 Å². The van der Waals surface area contributed by atoms with Crippen LogP contribution in [0.4, 0.5) is 5.69 Å². The number of aromatic nitrogens is 1. The number of piperidine rings is 1. The Labute approximate surface area is 214 Å². The van der Waals surface area contributed by atoms with Crippen molar-refractivity contribution in [3.63, 3.8) is 0 Å². The molecule has 1 aliphatic carbocycles. The molecular weight excluding hydrogens is 470 g/mol. The van der Waals surface area contributed by atoms with E-state index in [1.807, 2.05) is 45.0 Å². The minimum absolute atomic E-state index is 0.0500. The van der Waals surface area contributed by atoms with Gasteiger partial charge in [-0.25, -0.2) is 0 Å². The Morgan fingerprint density at radius 3 is 2.61 bits per heavy atom. The molecule has 7 nitrogen and oxygen atoms in total. The van der Waals surface area contributed by atoms with Crippen molar-refractivity contribution in [1.29, 1.82) is 5.26 Å². The number of nitrogens with one attached hydrogen (secondary N) is 1. The highest BCUT2D eigenvalue weighted by molar-refractivity contribution is 7.19. The first-order valence-corrected chi connectivity index (χ1v) is 13.2. The first kappa shape index (κ1) is 23.1. The summed E-state index contributed by atoms with van der Waals surface area (Å²) in [5, 5.41) is 13.4. The van der Waals surface area contributed by atoms with E-state index in [0.29, 0.717) is 11.6 Å². The normalized spacial score (nSPS) is 24.9. The molecule has 0 radical (unpaired) electrons. The number of imide groups is 1. The average Bonchev–Trinajstić information content (AvgIpc) is 3.20. The quantitative estimate of drug-likeness (QED) is 0.524. The number of thiophene rings is 1. The van der Waals surface area contributed by atoms with Crippen LogP contribution in [0.15, 0.2) is 30.5 Å². The van der Waals surface area contributed by atoms with Gasteiger partial charge in [0, 0.05) is 40.5 Å². The number of fused-ring (bicyclic) bond motifs is 2. The minimum Gasteiger partial charge on any atom is -0.380 e. The lowest BCUT2D eigenvalue weighted by Gasteiger charge is -2.21. The van der Waals surface area contributed by atoms with Crippen molar-refractivity contribution in [3.8, 4) is 17.2 Å². The Hall–Kier alpha value is -3.28. The van der Waals surface area contributed by atoms with Crippen LogP contribution < -0.4 is 5.32 Å². The number of carbonyl (C=O) groups is 2. The summed E-state index contributed by atoms with van der Waals surface area (Å²) in [6.45, 7) is 8.36. The summed E-state index contributed by atoms with van der Waals surface area (Å²) in [6.07, 6.45) is 2.86. The summed E-state index contributed by atoms with van der Waals surface area (Å²) in [5.41, 5.74) is 5.32. The molecule has 2 aliphatic heterocycles. The predicted octanol–water partition coefficient (Wildman–Crippen LogP) is 4.40. The van der Waals surface area contributed by atoms with Crippen LogP contribution in [0.5, 0.6) is 0 Å². The number of pyridine rings is 1. The summed E-state index contributed by atoms with van der Waals surface area (Å²) in [5.74, 6) is -0.446. The first-order valence-electron chi connectivity index (χ1n) is 12.4. The van der Waals surface area contributed by atoms with E-state index in [-0.39, 0.29) is 35.6 Å². The van der Waals surface area contributed by atoms with E-state index in [9.17, 15) is 14.9 Å². The van der Waals surface area contributed by atoms with Crippen molar-refractivity contribution in [2.45, 2.75) is 39.8 Å². The molecule has 3 aliphatic rings. The standard InChI is InChI=1S/C28H29N5O2S/c1-15-9-16(12-29)10-20(24(15)31-17-6-8-32(4)13-17)19-5-7-30-21-11-18(36-25(19)21)14-33-26(34)22-23(27(33)35)28(22,2)3/h5,7,9-11,17,22-23,31H,6,8,13-14H2,1-4H3. The van der Waals surface area contributed by atoms with Crippen LogP contribution in [0.1, 0.15) is 36.3 Å². The number of nitriles is 1. The van der Waals surface area contributed by atoms with Crippen molar-refractivity contribution in [3.05, 3.63) is 46.5 Å². The molecule has 8 heteroatoms. The van der Waals surface area contributed by atoms with Crippen molar-refractivity contribution >= 4 is 39.1 Å². The Morgan fingerprint density at radius 2 is 1.94 bits per heavy atom. The molecule has 3 fully saturated rings. The number of rotatable bonds is 5. The molecule has 3 atom stereocenters. The van der Waals surface area contributed by atoms with Gasteiger partial charge in [0.15, 0.2) is 0 Å². The molecule has 1 aromatic carbocycles. The van der Waals surface area contributed by atoms with Crippen LogP contribution in [0.3, 0.4) is 0 Å². The van der Waals surface area contributed by atoms with E-state index in [0.717, 1.165) is 57.0 Å². The van der Waals surface area contributed by atoms with Crippen LogP contribution in [0.2, 0.25) is 0 Å². The zero-order valence-electron chi connectivity index (χ0n) is 21.0. The van der Waals surface area contributed by atoms with E-state index in [1.54, 1.807) is 17.5 Å². The fourth-order valence-electron chi connectivity index (χ4n) is 6.11. The molecule has 0 bridgehead atoms. The molecule has 3 aromatic rings. The highest BCUT2D eigenvalue weighted by atomic mass is 32.1. The number of anilines is 1. The van der Waals surface area contributed by atoms with Gasteiger partial charge in [-0.15, -0.1) is 11.3 Å². The Balaban J connectivity index is 1.37. The maximum atomic E-state index is 12.9. The molecule has 6 rings (SSSR count). The lowest BCUT2D eigenvalue weighted by molar-refractivity contribution is -0.143. The van der Waals surface area contributed by atoms with Gasteiger partial charge >= 0.3 is 0 Å². The molecule has 2 amide bonds. The Morgan fingerprint density at radius 1 is 1.19 bits per heavy atom. The zero-order valence-corrected chi connectivity index (χ0v) is 21.8. The van der Waals surface area contributed by atoms with Crippen molar-refractivity contribution < 1.29 is 9.59 Å². The van der Waals surface area contributed by atoms with Crippen LogP contribution >= 0.6 is 11.3 Å². The van der Waals surface area contributed by atoms with Crippen molar-refractivity contribution in [2.24, 2.45) is 17.3 Å². The van der Waals surface area contributed by atoms with Gasteiger partial charge in [0.2, 0.25) is 11.8 Å². The fraction of sp³-hybridized carbons (Fsp3) is 0.429. The lowest BCUT2D eigenvalue weighted by Crippen LogP contribution is -2.35. The number of likely N-dealkylation sites (N-methyl/N-ethyl adjacent to an activating group) is 1. The van der Waals surface area contributed by atoms with Gasteiger partial charge < -0.3 is 10.2 Å². The number of carbonyl (C=O) groups excluding carboxylic acids is 2. The Bertz CT molecular complexity index is 1440. The van der Waals surface area contributed by atoms with E-state index >= 15 is 0 Å².